The second-order valence-corrected chi connectivity index (χ2v) is 7.12. The molecule has 0 spiro atoms. The minimum Gasteiger partial charge on any atom is -0.369 e. The smallest absolute Gasteiger partial charge is 0.124 e. The summed E-state index contributed by atoms with van der Waals surface area (Å²) in [7, 11) is 0. The Kier molecular flexibility index (Phi) is 4.51. The van der Waals surface area contributed by atoms with E-state index in [4.69, 9.17) is 0 Å². The van der Waals surface area contributed by atoms with Crippen molar-refractivity contribution in [3.63, 3.8) is 0 Å². The van der Waals surface area contributed by atoms with Crippen molar-refractivity contribution in [1.82, 2.24) is 5.32 Å². The molecular weight excluding hydrogens is 307 g/mol. The average molecular weight is 329 g/mol. The van der Waals surface area contributed by atoms with E-state index >= 15 is 0 Å². The Hall–Kier alpha value is -0.610. The van der Waals surface area contributed by atoms with E-state index in [2.05, 4.69) is 46.9 Å². The van der Waals surface area contributed by atoms with Crippen molar-refractivity contribution in [3.05, 3.63) is 28.5 Å². The Bertz CT molecular complexity index is 442. The van der Waals surface area contributed by atoms with Crippen molar-refractivity contribution >= 4 is 21.6 Å². The van der Waals surface area contributed by atoms with Crippen LogP contribution < -0.4 is 10.2 Å². The molecule has 4 heteroatoms. The van der Waals surface area contributed by atoms with Crippen molar-refractivity contribution < 1.29 is 4.39 Å². The monoisotopic (exact) mass is 328 g/mol. The number of halogens is 2. The molecule has 1 atom stereocenters. The molecule has 0 amide bonds. The van der Waals surface area contributed by atoms with Gasteiger partial charge in [-0.15, -0.1) is 0 Å². The van der Waals surface area contributed by atoms with Gasteiger partial charge in [0.15, 0.2) is 0 Å². The quantitative estimate of drug-likeness (QED) is 0.843. The molecule has 19 heavy (non-hydrogen) atoms. The van der Waals surface area contributed by atoms with E-state index in [9.17, 15) is 4.39 Å². The largest absolute Gasteiger partial charge is 0.369 e. The summed E-state index contributed by atoms with van der Waals surface area (Å²) < 4.78 is 14.0. The molecule has 1 unspecified atom stereocenters. The first-order valence-electron chi connectivity index (χ1n) is 6.81. The zero-order valence-corrected chi connectivity index (χ0v) is 13.4. The van der Waals surface area contributed by atoms with Crippen LogP contribution in [0.4, 0.5) is 10.1 Å². The average Bonchev–Trinajstić information content (AvgIpc) is 2.54. The highest BCUT2D eigenvalue weighted by atomic mass is 79.9. The van der Waals surface area contributed by atoms with E-state index in [-0.39, 0.29) is 11.2 Å². The topological polar surface area (TPSA) is 15.3 Å². The minimum atomic E-state index is -0.198. The van der Waals surface area contributed by atoms with Gasteiger partial charge in [-0.05, 0) is 52.5 Å². The van der Waals surface area contributed by atoms with E-state index in [0.29, 0.717) is 6.04 Å². The van der Waals surface area contributed by atoms with Gasteiger partial charge in [0.1, 0.15) is 5.82 Å². The summed E-state index contributed by atoms with van der Waals surface area (Å²) in [5, 5.41) is 3.62. The zero-order chi connectivity index (χ0) is 14.0. The molecule has 0 bridgehead atoms. The molecule has 1 aliphatic rings. The van der Waals surface area contributed by atoms with Crippen LogP contribution in [0, 0.1) is 11.2 Å². The normalized spacial score (nSPS) is 21.3. The van der Waals surface area contributed by atoms with Gasteiger partial charge in [0.2, 0.25) is 0 Å². The van der Waals surface area contributed by atoms with Gasteiger partial charge in [-0.25, -0.2) is 4.39 Å². The minimum absolute atomic E-state index is 0.198. The van der Waals surface area contributed by atoms with Crippen molar-refractivity contribution in [2.24, 2.45) is 5.41 Å². The van der Waals surface area contributed by atoms with Crippen molar-refractivity contribution in [1.29, 1.82) is 0 Å². The highest BCUT2D eigenvalue weighted by molar-refractivity contribution is 9.10. The molecule has 0 saturated carbocycles. The molecule has 0 aromatic heterocycles. The molecule has 1 saturated heterocycles. The summed E-state index contributed by atoms with van der Waals surface area (Å²) in [5.41, 5.74) is 1.30. The number of nitrogens with one attached hydrogen (secondary N) is 1. The molecule has 1 fully saturated rings. The van der Waals surface area contributed by atoms with Gasteiger partial charge in [0.05, 0.1) is 5.69 Å². The molecule has 2 nitrogen and oxygen atoms in total. The van der Waals surface area contributed by atoms with Crippen LogP contribution in [0.25, 0.3) is 0 Å². The predicted molar refractivity (Wildman–Crippen MR) is 82.2 cm³/mol. The molecule has 2 rings (SSSR count). The lowest BCUT2D eigenvalue weighted by atomic mass is 9.86. The number of rotatable bonds is 1. The summed E-state index contributed by atoms with van der Waals surface area (Å²) >= 11 is 3.48. The Labute approximate surface area is 123 Å². The highest BCUT2D eigenvalue weighted by Crippen LogP contribution is 2.30. The number of benzene rings is 1. The standard InChI is InChI=1S/C15H22BrFN2/c1-15(2,3)14-10-19(8-4-7-18-14)13-6-5-11(17)9-12(13)16/h5-6,9,14,18H,4,7-8,10H2,1-3H3. The van der Waals surface area contributed by atoms with Gasteiger partial charge in [-0.2, -0.15) is 0 Å². The van der Waals surface area contributed by atoms with E-state index in [1.54, 1.807) is 6.07 Å². The molecule has 1 heterocycles. The highest BCUT2D eigenvalue weighted by Gasteiger charge is 2.28. The number of hydrogen-bond acceptors (Lipinski definition) is 2. The molecular formula is C15H22BrFN2. The van der Waals surface area contributed by atoms with E-state index in [0.717, 1.165) is 36.2 Å². The second-order valence-electron chi connectivity index (χ2n) is 6.27. The second kappa shape index (κ2) is 5.80. The third-order valence-electron chi connectivity index (χ3n) is 3.69. The van der Waals surface area contributed by atoms with Crippen LogP contribution in [0.2, 0.25) is 0 Å². The fourth-order valence-corrected chi connectivity index (χ4v) is 3.06. The van der Waals surface area contributed by atoms with Gasteiger partial charge in [-0.3, -0.25) is 0 Å². The van der Waals surface area contributed by atoms with E-state index in [1.807, 2.05) is 6.07 Å². The molecule has 1 aromatic rings. The van der Waals surface area contributed by atoms with Gasteiger partial charge >= 0.3 is 0 Å². The lowest BCUT2D eigenvalue weighted by Crippen LogP contribution is -2.46. The molecule has 1 N–H and O–H groups in total. The van der Waals surface area contributed by atoms with E-state index in [1.165, 1.54) is 6.07 Å². The Morgan fingerprint density at radius 1 is 1.37 bits per heavy atom. The fourth-order valence-electron chi connectivity index (χ4n) is 2.46. The first-order chi connectivity index (χ1) is 8.88. The molecule has 0 aliphatic carbocycles. The van der Waals surface area contributed by atoms with Crippen molar-refractivity contribution in [2.45, 2.75) is 33.2 Å². The molecule has 1 aromatic carbocycles. The first kappa shape index (κ1) is 14.8. The predicted octanol–water partition coefficient (Wildman–Crippen LogP) is 3.80. The number of anilines is 1. The van der Waals surface area contributed by atoms with Crippen LogP contribution >= 0.6 is 15.9 Å². The number of nitrogens with zero attached hydrogens (tertiary/aromatic N) is 1. The van der Waals surface area contributed by atoms with Crippen LogP contribution in [0.1, 0.15) is 27.2 Å². The van der Waals surface area contributed by atoms with Crippen molar-refractivity contribution in [3.8, 4) is 0 Å². The SMILES string of the molecule is CC(C)(C)C1CN(c2ccc(F)cc2Br)CCCN1. The van der Waals surface area contributed by atoms with Gasteiger partial charge in [-0.1, -0.05) is 20.8 Å². The maximum atomic E-state index is 13.2. The first-order valence-corrected chi connectivity index (χ1v) is 7.60. The van der Waals surface area contributed by atoms with Crippen LogP contribution in [0.5, 0.6) is 0 Å². The Morgan fingerprint density at radius 2 is 2.11 bits per heavy atom. The van der Waals surface area contributed by atoms with Crippen LogP contribution in [-0.4, -0.2) is 25.7 Å². The van der Waals surface area contributed by atoms with E-state index < -0.39 is 0 Å². The molecule has 1 aliphatic heterocycles. The lowest BCUT2D eigenvalue weighted by molar-refractivity contribution is 0.280. The summed E-state index contributed by atoms with van der Waals surface area (Å²) in [5.74, 6) is -0.198. The fraction of sp³-hybridized carbons (Fsp3) is 0.600. The van der Waals surface area contributed by atoms with Gasteiger partial charge < -0.3 is 10.2 Å². The zero-order valence-electron chi connectivity index (χ0n) is 11.8. The third kappa shape index (κ3) is 3.69. The van der Waals surface area contributed by atoms with Gasteiger partial charge in [0, 0.05) is 23.6 Å². The summed E-state index contributed by atoms with van der Waals surface area (Å²) in [6.45, 7) is 9.77. The summed E-state index contributed by atoms with van der Waals surface area (Å²) in [6, 6.07) is 5.38. The Morgan fingerprint density at radius 3 is 2.74 bits per heavy atom. The molecule has 106 valence electrons. The molecule has 0 radical (unpaired) electrons. The van der Waals surface area contributed by atoms with Crippen molar-refractivity contribution in [2.75, 3.05) is 24.5 Å². The van der Waals surface area contributed by atoms with Gasteiger partial charge in [0.25, 0.3) is 0 Å². The third-order valence-corrected chi connectivity index (χ3v) is 4.33. The maximum Gasteiger partial charge on any atom is 0.124 e. The number of hydrogen-bond donors (Lipinski definition) is 1. The summed E-state index contributed by atoms with van der Waals surface area (Å²) in [6.07, 6.45) is 1.11. The van der Waals surface area contributed by atoms with Crippen LogP contribution in [0.3, 0.4) is 0 Å². The lowest BCUT2D eigenvalue weighted by Gasteiger charge is -2.35. The van der Waals surface area contributed by atoms with Crippen LogP contribution in [0.15, 0.2) is 22.7 Å². The summed E-state index contributed by atoms with van der Waals surface area (Å²) in [4.78, 5) is 2.35. The maximum absolute atomic E-state index is 13.2. The Balaban J connectivity index is 2.22. The van der Waals surface area contributed by atoms with Crippen LogP contribution in [-0.2, 0) is 0 Å².